The van der Waals surface area contributed by atoms with E-state index in [4.69, 9.17) is 5.26 Å². The molecule has 0 aliphatic heterocycles. The molecule has 1 rings (SSSR count). The van der Waals surface area contributed by atoms with Crippen molar-refractivity contribution in [1.82, 2.24) is 0 Å². The smallest absolute Gasteiger partial charge is 0.119 e. The minimum absolute atomic E-state index is 0.152. The van der Waals surface area contributed by atoms with Crippen molar-refractivity contribution in [2.45, 2.75) is 59.4 Å². The Morgan fingerprint density at radius 2 is 1.44 bits per heavy atom. The van der Waals surface area contributed by atoms with E-state index in [0.29, 0.717) is 0 Å². The van der Waals surface area contributed by atoms with Gasteiger partial charge in [0.2, 0.25) is 0 Å². The van der Waals surface area contributed by atoms with Crippen LogP contribution in [-0.2, 0) is 5.41 Å². The summed E-state index contributed by atoms with van der Waals surface area (Å²) in [7, 11) is 0. The fraction of sp³-hybridized carbons (Fsp3) is 0.562. The molecular weight excluding hydrogens is 220 g/mol. The first-order valence-electron chi connectivity index (χ1n) is 6.38. The largest absolute Gasteiger partial charge is 0.367 e. The van der Waals surface area contributed by atoms with Crippen molar-refractivity contribution in [3.05, 3.63) is 28.8 Å². The van der Waals surface area contributed by atoms with Crippen LogP contribution >= 0.6 is 0 Å². The quantitative estimate of drug-likeness (QED) is 0.841. The third-order valence-electron chi connectivity index (χ3n) is 3.12. The Kier molecular flexibility index (Phi) is 3.76. The molecule has 0 aromatic heterocycles. The molecule has 0 amide bonds. The Morgan fingerprint density at radius 3 is 1.78 bits per heavy atom. The average molecular weight is 244 g/mol. The van der Waals surface area contributed by atoms with Gasteiger partial charge in [0, 0.05) is 5.69 Å². The van der Waals surface area contributed by atoms with Gasteiger partial charge in [0.1, 0.15) is 5.54 Å². The molecule has 1 aromatic rings. The Hall–Kier alpha value is -1.49. The molecule has 0 heterocycles. The molecule has 1 aromatic carbocycles. The number of nitrogens with one attached hydrogen (secondary N) is 1. The van der Waals surface area contributed by atoms with Crippen molar-refractivity contribution >= 4 is 5.69 Å². The first kappa shape index (κ1) is 14.6. The summed E-state index contributed by atoms with van der Waals surface area (Å²) >= 11 is 0. The third-order valence-corrected chi connectivity index (χ3v) is 3.12. The van der Waals surface area contributed by atoms with Crippen LogP contribution in [0.15, 0.2) is 12.1 Å². The first-order chi connectivity index (χ1) is 8.07. The summed E-state index contributed by atoms with van der Waals surface area (Å²) in [5.41, 5.74) is 4.41. The van der Waals surface area contributed by atoms with E-state index >= 15 is 0 Å². The average Bonchev–Trinajstić information content (AvgIpc) is 2.22. The van der Waals surface area contributed by atoms with Crippen molar-refractivity contribution in [1.29, 1.82) is 5.26 Å². The van der Waals surface area contributed by atoms with Crippen LogP contribution in [0, 0.1) is 25.2 Å². The van der Waals surface area contributed by atoms with Crippen LogP contribution in [0.25, 0.3) is 0 Å². The van der Waals surface area contributed by atoms with E-state index in [9.17, 15) is 0 Å². The second-order valence-corrected chi connectivity index (χ2v) is 6.60. The monoisotopic (exact) mass is 244 g/mol. The van der Waals surface area contributed by atoms with Gasteiger partial charge in [-0.2, -0.15) is 5.26 Å². The van der Waals surface area contributed by atoms with E-state index in [2.05, 4.69) is 58.1 Å². The van der Waals surface area contributed by atoms with E-state index < -0.39 is 5.54 Å². The molecule has 0 spiro atoms. The minimum atomic E-state index is -0.543. The van der Waals surface area contributed by atoms with E-state index in [1.54, 1.807) is 0 Å². The standard InChI is InChI=1S/C16H24N2/c1-11-8-13(15(3,4)5)9-12(2)14(11)18-16(6,7)10-17/h8-9,18H,1-7H3. The number of rotatable bonds is 2. The lowest BCUT2D eigenvalue weighted by molar-refractivity contribution is 0.589. The highest BCUT2D eigenvalue weighted by Crippen LogP contribution is 2.30. The molecule has 2 nitrogen and oxygen atoms in total. The topological polar surface area (TPSA) is 35.8 Å². The van der Waals surface area contributed by atoms with Crippen molar-refractivity contribution < 1.29 is 0 Å². The fourth-order valence-electron chi connectivity index (χ4n) is 1.93. The molecule has 0 unspecified atom stereocenters. The summed E-state index contributed by atoms with van der Waals surface area (Å²) in [6, 6.07) is 6.70. The summed E-state index contributed by atoms with van der Waals surface area (Å²) in [4.78, 5) is 0. The molecule has 0 saturated carbocycles. The van der Waals surface area contributed by atoms with Crippen LogP contribution in [0.3, 0.4) is 0 Å². The van der Waals surface area contributed by atoms with Crippen LogP contribution in [-0.4, -0.2) is 5.54 Å². The van der Waals surface area contributed by atoms with Crippen LogP contribution in [0.1, 0.15) is 51.3 Å². The van der Waals surface area contributed by atoms with Gasteiger partial charge >= 0.3 is 0 Å². The van der Waals surface area contributed by atoms with Gasteiger partial charge < -0.3 is 5.32 Å². The number of nitrogens with zero attached hydrogens (tertiary/aromatic N) is 1. The van der Waals surface area contributed by atoms with Crippen LogP contribution < -0.4 is 5.32 Å². The highest BCUT2D eigenvalue weighted by molar-refractivity contribution is 5.61. The zero-order valence-corrected chi connectivity index (χ0v) is 12.6. The molecule has 18 heavy (non-hydrogen) atoms. The lowest BCUT2D eigenvalue weighted by Gasteiger charge is -2.26. The number of benzene rings is 1. The molecule has 2 heteroatoms. The lowest BCUT2D eigenvalue weighted by atomic mass is 9.84. The van der Waals surface area contributed by atoms with E-state index in [1.165, 1.54) is 16.7 Å². The maximum Gasteiger partial charge on any atom is 0.119 e. The second-order valence-electron chi connectivity index (χ2n) is 6.60. The van der Waals surface area contributed by atoms with Gasteiger partial charge in [-0.3, -0.25) is 0 Å². The molecule has 1 N–H and O–H groups in total. The lowest BCUT2D eigenvalue weighted by Crippen LogP contribution is -2.29. The summed E-state index contributed by atoms with van der Waals surface area (Å²) in [5, 5.41) is 12.4. The number of hydrogen-bond donors (Lipinski definition) is 1. The highest BCUT2D eigenvalue weighted by Gasteiger charge is 2.20. The molecule has 98 valence electrons. The van der Waals surface area contributed by atoms with E-state index in [-0.39, 0.29) is 5.41 Å². The van der Waals surface area contributed by atoms with Gasteiger partial charge in [-0.25, -0.2) is 0 Å². The van der Waals surface area contributed by atoms with Crippen molar-refractivity contribution in [3.8, 4) is 6.07 Å². The van der Waals surface area contributed by atoms with Gasteiger partial charge in [-0.15, -0.1) is 0 Å². The minimum Gasteiger partial charge on any atom is -0.367 e. The zero-order chi connectivity index (χ0) is 14.1. The second kappa shape index (κ2) is 4.65. The Bertz CT molecular complexity index is 462. The van der Waals surface area contributed by atoms with Crippen LogP contribution in [0.2, 0.25) is 0 Å². The third kappa shape index (κ3) is 3.26. The zero-order valence-electron chi connectivity index (χ0n) is 12.6. The van der Waals surface area contributed by atoms with Gasteiger partial charge in [0.05, 0.1) is 6.07 Å². The Balaban J connectivity index is 3.23. The Morgan fingerprint density at radius 1 is 1.00 bits per heavy atom. The van der Waals surface area contributed by atoms with Crippen LogP contribution in [0.4, 0.5) is 5.69 Å². The van der Waals surface area contributed by atoms with Gasteiger partial charge in [-0.1, -0.05) is 32.9 Å². The Labute approximate surface area is 111 Å². The van der Waals surface area contributed by atoms with Crippen molar-refractivity contribution in [3.63, 3.8) is 0 Å². The van der Waals surface area contributed by atoms with E-state index in [1.807, 2.05) is 13.8 Å². The van der Waals surface area contributed by atoms with Crippen molar-refractivity contribution in [2.75, 3.05) is 5.32 Å². The SMILES string of the molecule is Cc1cc(C(C)(C)C)cc(C)c1NC(C)(C)C#N. The van der Waals surface area contributed by atoms with Gasteiger partial charge in [0.15, 0.2) is 0 Å². The summed E-state index contributed by atoms with van der Waals surface area (Å²) in [6.45, 7) is 14.6. The van der Waals surface area contributed by atoms with Gasteiger partial charge in [0.25, 0.3) is 0 Å². The predicted octanol–water partition coefficient (Wildman–Crippen LogP) is 4.32. The summed E-state index contributed by atoms with van der Waals surface area (Å²) in [5.74, 6) is 0. The molecular formula is C16H24N2. The normalized spacial score (nSPS) is 12.1. The summed E-state index contributed by atoms with van der Waals surface area (Å²) in [6.07, 6.45) is 0. The first-order valence-corrected chi connectivity index (χ1v) is 6.38. The number of nitriles is 1. The number of aryl methyl sites for hydroxylation is 2. The maximum absolute atomic E-state index is 9.11. The number of hydrogen-bond acceptors (Lipinski definition) is 2. The molecule has 0 saturated heterocycles. The highest BCUT2D eigenvalue weighted by atomic mass is 15.0. The molecule has 0 radical (unpaired) electrons. The molecule has 0 aliphatic rings. The molecule has 0 atom stereocenters. The molecule has 0 bridgehead atoms. The molecule has 0 aliphatic carbocycles. The molecule has 0 fully saturated rings. The number of anilines is 1. The van der Waals surface area contributed by atoms with E-state index in [0.717, 1.165) is 5.69 Å². The predicted molar refractivity (Wildman–Crippen MR) is 77.9 cm³/mol. The van der Waals surface area contributed by atoms with Crippen LogP contribution in [0.5, 0.6) is 0 Å². The van der Waals surface area contributed by atoms with Crippen molar-refractivity contribution in [2.24, 2.45) is 0 Å². The maximum atomic E-state index is 9.11. The fourth-order valence-corrected chi connectivity index (χ4v) is 1.93. The summed E-state index contributed by atoms with van der Waals surface area (Å²) < 4.78 is 0. The van der Waals surface area contributed by atoms with Gasteiger partial charge in [-0.05, 0) is 49.8 Å².